The Balaban J connectivity index is 1.42. The van der Waals surface area contributed by atoms with E-state index in [4.69, 9.17) is 4.74 Å². The van der Waals surface area contributed by atoms with Crippen LogP contribution in [0.1, 0.15) is 46.3 Å². The van der Waals surface area contributed by atoms with Crippen molar-refractivity contribution in [3.8, 4) is 17.3 Å². The van der Waals surface area contributed by atoms with Crippen molar-refractivity contribution < 1.29 is 22.7 Å². The van der Waals surface area contributed by atoms with Gasteiger partial charge in [0, 0.05) is 31.2 Å². The van der Waals surface area contributed by atoms with Gasteiger partial charge in [-0.05, 0) is 68.4 Å². The van der Waals surface area contributed by atoms with Crippen LogP contribution in [-0.4, -0.2) is 44.4 Å². The van der Waals surface area contributed by atoms with E-state index in [1.165, 1.54) is 6.07 Å². The third kappa shape index (κ3) is 4.59. The third-order valence-corrected chi connectivity index (χ3v) is 6.81. The highest BCUT2D eigenvalue weighted by atomic mass is 19.4. The van der Waals surface area contributed by atoms with Gasteiger partial charge in [-0.3, -0.25) is 14.8 Å². The van der Waals surface area contributed by atoms with E-state index < -0.39 is 11.7 Å². The van der Waals surface area contributed by atoms with Crippen molar-refractivity contribution in [3.63, 3.8) is 0 Å². The second kappa shape index (κ2) is 8.94. The van der Waals surface area contributed by atoms with Gasteiger partial charge in [0.2, 0.25) is 5.88 Å². The van der Waals surface area contributed by atoms with Gasteiger partial charge in [-0.25, -0.2) is 4.98 Å². The van der Waals surface area contributed by atoms with Crippen molar-refractivity contribution in [2.24, 2.45) is 5.92 Å². The maximum Gasteiger partial charge on any atom is 0.417 e. The molecule has 5 heterocycles. The smallest absolute Gasteiger partial charge is 0.417 e. The van der Waals surface area contributed by atoms with Gasteiger partial charge in [-0.2, -0.15) is 13.2 Å². The van der Waals surface area contributed by atoms with E-state index >= 15 is 0 Å². The van der Waals surface area contributed by atoms with Crippen LogP contribution in [0, 0.1) is 19.8 Å². The van der Waals surface area contributed by atoms with Crippen molar-refractivity contribution in [1.29, 1.82) is 0 Å². The lowest BCUT2D eigenvalue weighted by atomic mass is 9.77. The molecule has 2 aliphatic heterocycles. The average molecular weight is 483 g/mol. The van der Waals surface area contributed by atoms with Crippen molar-refractivity contribution in [2.45, 2.75) is 51.4 Å². The number of rotatable bonds is 4. The van der Waals surface area contributed by atoms with Gasteiger partial charge in [0.1, 0.15) is 11.8 Å². The molecule has 3 aliphatic rings. The molecular formula is C26H25F3N4O2. The SMILES string of the molecule is Cc1cnc(-c2ncccc2C)c(C(=O)N2CC3CCC2C(Oc2ccc(C(F)(F)F)cn2)C3)c1. The van der Waals surface area contributed by atoms with Crippen molar-refractivity contribution in [1.82, 2.24) is 19.9 Å². The quantitative estimate of drug-likeness (QED) is 0.508. The Bertz CT molecular complexity index is 1250. The first-order valence-corrected chi connectivity index (χ1v) is 11.6. The Labute approximate surface area is 201 Å². The number of carbonyl (C=O) groups excluding carboxylic acids is 1. The minimum Gasteiger partial charge on any atom is -0.472 e. The van der Waals surface area contributed by atoms with Crippen LogP contribution >= 0.6 is 0 Å². The number of ether oxygens (including phenoxy) is 1. The fourth-order valence-electron chi connectivity index (χ4n) is 5.07. The number of nitrogens with zero attached hydrogens (tertiary/aromatic N) is 4. The first kappa shape index (κ1) is 23.3. The maximum atomic E-state index is 13.9. The average Bonchev–Trinajstić information content (AvgIpc) is 2.84. The molecule has 0 spiro atoms. The summed E-state index contributed by atoms with van der Waals surface area (Å²) >= 11 is 0. The van der Waals surface area contributed by atoms with Crippen molar-refractivity contribution >= 4 is 5.91 Å². The highest BCUT2D eigenvalue weighted by Crippen LogP contribution is 2.39. The standard InChI is InChI=1S/C26H25F3N4O2/c1-15-10-19(24(32-12-15)23-16(2)4-3-9-30-23)25(34)33-14-17-5-7-20(33)21(11-17)35-22-8-6-18(13-31-22)26(27,28)29/h3-4,6,8-10,12-13,17,20-21H,5,7,11,14H2,1-2H3. The Kier molecular flexibility index (Phi) is 5.94. The summed E-state index contributed by atoms with van der Waals surface area (Å²) in [4.78, 5) is 28.6. The number of pyridine rings is 3. The van der Waals surface area contributed by atoms with Crippen LogP contribution in [0.15, 0.2) is 48.9 Å². The number of fused-ring (bicyclic) bond motifs is 3. The molecule has 0 radical (unpaired) electrons. The molecule has 6 rings (SSSR count). The molecule has 3 aromatic heterocycles. The Hall–Kier alpha value is -3.49. The van der Waals surface area contributed by atoms with E-state index in [2.05, 4.69) is 15.0 Å². The number of aromatic nitrogens is 3. The predicted octanol–water partition coefficient (Wildman–Crippen LogP) is 5.25. The summed E-state index contributed by atoms with van der Waals surface area (Å²) in [6.45, 7) is 4.43. The lowest BCUT2D eigenvalue weighted by molar-refractivity contribution is -0.137. The normalized spacial score (nSPS) is 21.7. The zero-order chi connectivity index (χ0) is 24.7. The second-order valence-electron chi connectivity index (χ2n) is 9.32. The van der Waals surface area contributed by atoms with Crippen LogP contribution in [0.4, 0.5) is 13.2 Å². The van der Waals surface area contributed by atoms with E-state index in [9.17, 15) is 18.0 Å². The number of hydrogen-bond donors (Lipinski definition) is 0. The van der Waals surface area contributed by atoms with Crippen LogP contribution in [0.3, 0.4) is 0 Å². The molecule has 1 aliphatic carbocycles. The summed E-state index contributed by atoms with van der Waals surface area (Å²) in [5.41, 5.74) is 2.67. The molecule has 182 valence electrons. The molecule has 2 bridgehead atoms. The predicted molar refractivity (Wildman–Crippen MR) is 123 cm³/mol. The molecule has 3 aromatic rings. The lowest BCUT2D eigenvalue weighted by Gasteiger charge is -2.49. The van der Waals surface area contributed by atoms with E-state index in [0.717, 1.165) is 42.7 Å². The highest BCUT2D eigenvalue weighted by molar-refractivity contribution is 6.00. The first-order chi connectivity index (χ1) is 16.7. The van der Waals surface area contributed by atoms with Crippen molar-refractivity contribution in [2.75, 3.05) is 6.54 Å². The largest absolute Gasteiger partial charge is 0.472 e. The van der Waals surface area contributed by atoms with Crippen LogP contribution in [0.5, 0.6) is 5.88 Å². The fourth-order valence-corrected chi connectivity index (χ4v) is 5.07. The van der Waals surface area contributed by atoms with Gasteiger partial charge < -0.3 is 9.64 Å². The van der Waals surface area contributed by atoms with Crippen LogP contribution in [0.25, 0.3) is 11.4 Å². The van der Waals surface area contributed by atoms with Crippen LogP contribution in [-0.2, 0) is 6.18 Å². The summed E-state index contributed by atoms with van der Waals surface area (Å²) in [7, 11) is 0. The minimum absolute atomic E-state index is 0.130. The molecule has 0 N–H and O–H groups in total. The number of carbonyl (C=O) groups is 1. The monoisotopic (exact) mass is 482 g/mol. The number of piperidine rings is 2. The van der Waals surface area contributed by atoms with E-state index in [-0.39, 0.29) is 29.9 Å². The number of alkyl halides is 3. The zero-order valence-corrected chi connectivity index (χ0v) is 19.4. The Morgan fingerprint density at radius 3 is 2.57 bits per heavy atom. The molecule has 1 amide bonds. The molecule has 9 heteroatoms. The molecule has 35 heavy (non-hydrogen) atoms. The van der Waals surface area contributed by atoms with Crippen LogP contribution in [0.2, 0.25) is 0 Å². The van der Waals surface area contributed by atoms with Crippen molar-refractivity contribution in [3.05, 3.63) is 71.2 Å². The van der Waals surface area contributed by atoms with Gasteiger partial charge in [0.15, 0.2) is 0 Å². The van der Waals surface area contributed by atoms with Gasteiger partial charge in [0.25, 0.3) is 5.91 Å². The maximum absolute atomic E-state index is 13.9. The number of hydrogen-bond acceptors (Lipinski definition) is 5. The van der Waals surface area contributed by atoms with Gasteiger partial charge >= 0.3 is 6.18 Å². The Morgan fingerprint density at radius 2 is 1.89 bits per heavy atom. The number of halogens is 3. The minimum atomic E-state index is -4.45. The topological polar surface area (TPSA) is 68.2 Å². The summed E-state index contributed by atoms with van der Waals surface area (Å²) in [5.74, 6) is 0.246. The third-order valence-electron chi connectivity index (χ3n) is 6.81. The molecule has 3 fully saturated rings. The van der Waals surface area contributed by atoms with Gasteiger partial charge in [-0.15, -0.1) is 0 Å². The number of aryl methyl sites for hydroxylation is 2. The van der Waals surface area contributed by atoms with Gasteiger partial charge in [-0.1, -0.05) is 6.07 Å². The first-order valence-electron chi connectivity index (χ1n) is 11.6. The fraction of sp³-hybridized carbons (Fsp3) is 0.385. The van der Waals surface area contributed by atoms with E-state index in [1.54, 1.807) is 12.4 Å². The summed E-state index contributed by atoms with van der Waals surface area (Å²) in [6.07, 6.45) is 1.87. The Morgan fingerprint density at radius 1 is 1.06 bits per heavy atom. The summed E-state index contributed by atoms with van der Waals surface area (Å²) < 4.78 is 44.7. The summed E-state index contributed by atoms with van der Waals surface area (Å²) in [6, 6.07) is 7.62. The van der Waals surface area contributed by atoms with Gasteiger partial charge in [0.05, 0.1) is 22.9 Å². The van der Waals surface area contributed by atoms with E-state index in [1.807, 2.05) is 36.9 Å². The molecular weight excluding hydrogens is 457 g/mol. The molecule has 2 saturated heterocycles. The van der Waals surface area contributed by atoms with E-state index in [0.29, 0.717) is 23.5 Å². The lowest BCUT2D eigenvalue weighted by Crippen LogP contribution is -2.59. The molecule has 0 aromatic carbocycles. The molecule has 3 atom stereocenters. The second-order valence-corrected chi connectivity index (χ2v) is 9.32. The number of amides is 1. The summed E-state index contributed by atoms with van der Waals surface area (Å²) in [5, 5.41) is 0. The molecule has 1 saturated carbocycles. The van der Waals surface area contributed by atoms with Crippen LogP contribution < -0.4 is 4.74 Å². The molecule has 6 nitrogen and oxygen atoms in total. The zero-order valence-electron chi connectivity index (χ0n) is 19.4. The highest BCUT2D eigenvalue weighted by Gasteiger charge is 2.45. The molecule has 3 unspecified atom stereocenters.